The van der Waals surface area contributed by atoms with Crippen LogP contribution in [0.4, 0.5) is 10.7 Å². The lowest BCUT2D eigenvalue weighted by molar-refractivity contribution is -0.113. The third-order valence-electron chi connectivity index (χ3n) is 4.73. The van der Waals surface area contributed by atoms with E-state index in [1.807, 2.05) is 31.2 Å². The maximum atomic E-state index is 12.4. The third-order valence-corrected chi connectivity index (χ3v) is 5.77. The minimum atomic E-state index is -0.290. The van der Waals surface area contributed by atoms with Crippen molar-refractivity contribution in [3.8, 4) is 11.8 Å². The largest absolute Gasteiger partial charge is 0.494 e. The summed E-state index contributed by atoms with van der Waals surface area (Å²) < 4.78 is 5.74. The molecule has 0 bridgehead atoms. The molecule has 1 atom stereocenters. The first-order valence-electron chi connectivity index (χ1n) is 9.01. The van der Waals surface area contributed by atoms with Crippen LogP contribution in [0.25, 0.3) is 0 Å². The number of carbonyl (C=O) groups is 1. The highest BCUT2D eigenvalue weighted by Gasteiger charge is 2.34. The minimum Gasteiger partial charge on any atom is -0.494 e. The van der Waals surface area contributed by atoms with Gasteiger partial charge in [-0.1, -0.05) is 25.5 Å². The Labute approximate surface area is 163 Å². The van der Waals surface area contributed by atoms with Gasteiger partial charge < -0.3 is 15.8 Å². The smallest absolute Gasteiger partial charge is 0.158 e. The molecular formula is C21H23N3O2S. The van der Waals surface area contributed by atoms with E-state index in [9.17, 15) is 10.1 Å². The molecule has 0 spiro atoms. The second kappa shape index (κ2) is 7.85. The number of nitriles is 1. The molecule has 1 unspecified atom stereocenters. The zero-order chi connectivity index (χ0) is 19.6. The number of nitrogens with one attached hydrogen (secondary N) is 1. The standard InChI is InChI=1S/C21H23N3O2S/c1-4-5-10-26-15-8-6-14(7-9-15)18-17(13(3)25)12(2)24-21-19(18)20(23)16(11-22)27-21/h6-9,18,24H,4-5,10,23H2,1-3H3. The molecule has 0 saturated carbocycles. The minimum absolute atomic E-state index is 0.0111. The summed E-state index contributed by atoms with van der Waals surface area (Å²) in [6, 6.07) is 9.94. The van der Waals surface area contributed by atoms with Crippen LogP contribution in [0.3, 0.4) is 0 Å². The van der Waals surface area contributed by atoms with E-state index in [-0.39, 0.29) is 11.7 Å². The predicted octanol–water partition coefficient (Wildman–Crippen LogP) is 4.80. The maximum absolute atomic E-state index is 12.4. The van der Waals surface area contributed by atoms with Crippen LogP contribution in [0.5, 0.6) is 5.75 Å². The molecule has 0 saturated heterocycles. The summed E-state index contributed by atoms with van der Waals surface area (Å²) in [6.45, 7) is 6.26. The second-order valence-electron chi connectivity index (χ2n) is 6.62. The Bertz CT molecular complexity index is 936. The van der Waals surface area contributed by atoms with Gasteiger partial charge >= 0.3 is 0 Å². The first-order valence-corrected chi connectivity index (χ1v) is 9.83. The van der Waals surface area contributed by atoms with Crippen molar-refractivity contribution in [1.82, 2.24) is 0 Å². The Morgan fingerprint density at radius 3 is 2.67 bits per heavy atom. The van der Waals surface area contributed by atoms with Gasteiger partial charge in [0.1, 0.15) is 21.7 Å². The summed E-state index contributed by atoms with van der Waals surface area (Å²) >= 11 is 1.33. The number of carbonyl (C=O) groups excluding carboxylic acids is 1. The first kappa shape index (κ1) is 19.0. The summed E-state index contributed by atoms with van der Waals surface area (Å²) in [5, 5.41) is 13.4. The molecule has 5 nitrogen and oxygen atoms in total. The first-order chi connectivity index (χ1) is 13.0. The number of unbranched alkanes of at least 4 members (excludes halogenated alkanes) is 1. The molecule has 3 N–H and O–H groups in total. The molecule has 2 heterocycles. The van der Waals surface area contributed by atoms with Gasteiger partial charge in [-0.15, -0.1) is 11.3 Å². The van der Waals surface area contributed by atoms with Crippen LogP contribution in [0.2, 0.25) is 0 Å². The van der Waals surface area contributed by atoms with Gasteiger partial charge in [-0.2, -0.15) is 5.26 Å². The van der Waals surface area contributed by atoms with Gasteiger partial charge in [0, 0.05) is 22.8 Å². The number of nitrogens with two attached hydrogens (primary N) is 1. The molecule has 0 radical (unpaired) electrons. The highest BCUT2D eigenvalue weighted by atomic mass is 32.1. The van der Waals surface area contributed by atoms with Crippen molar-refractivity contribution in [2.45, 2.75) is 39.5 Å². The summed E-state index contributed by atoms with van der Waals surface area (Å²) in [7, 11) is 0. The average molecular weight is 382 g/mol. The van der Waals surface area contributed by atoms with Crippen molar-refractivity contribution in [3.05, 3.63) is 51.5 Å². The zero-order valence-electron chi connectivity index (χ0n) is 15.8. The number of hydrogen-bond acceptors (Lipinski definition) is 6. The quantitative estimate of drug-likeness (QED) is 0.702. The van der Waals surface area contributed by atoms with Crippen LogP contribution < -0.4 is 15.8 Å². The highest BCUT2D eigenvalue weighted by molar-refractivity contribution is 7.17. The monoisotopic (exact) mass is 381 g/mol. The van der Waals surface area contributed by atoms with E-state index in [2.05, 4.69) is 18.3 Å². The summed E-state index contributed by atoms with van der Waals surface area (Å²) in [5.74, 6) is 0.507. The molecule has 3 rings (SSSR count). The predicted molar refractivity (Wildman–Crippen MR) is 109 cm³/mol. The number of fused-ring (bicyclic) bond motifs is 1. The molecule has 0 fully saturated rings. The third kappa shape index (κ3) is 3.56. The van der Waals surface area contributed by atoms with Crippen LogP contribution in [0.15, 0.2) is 35.5 Å². The summed E-state index contributed by atoms with van der Waals surface area (Å²) in [4.78, 5) is 12.9. The van der Waals surface area contributed by atoms with Crippen molar-refractivity contribution in [1.29, 1.82) is 5.26 Å². The number of ether oxygens (including phenoxy) is 1. The number of thiophene rings is 1. The van der Waals surface area contributed by atoms with Crippen LogP contribution in [-0.4, -0.2) is 12.4 Å². The zero-order valence-corrected chi connectivity index (χ0v) is 16.6. The topological polar surface area (TPSA) is 88.1 Å². The molecule has 1 aliphatic heterocycles. The Morgan fingerprint density at radius 1 is 1.37 bits per heavy atom. The Balaban J connectivity index is 2.05. The molecule has 27 heavy (non-hydrogen) atoms. The SMILES string of the molecule is CCCCOc1ccc(C2C(C(C)=O)=C(C)Nc3sc(C#N)c(N)c32)cc1. The van der Waals surface area contributed by atoms with E-state index in [4.69, 9.17) is 10.5 Å². The fourth-order valence-electron chi connectivity index (χ4n) is 3.41. The molecule has 2 aromatic rings. The normalized spacial score (nSPS) is 15.7. The lowest BCUT2D eigenvalue weighted by Crippen LogP contribution is -2.21. The summed E-state index contributed by atoms with van der Waals surface area (Å²) in [6.07, 6.45) is 2.10. The Morgan fingerprint density at radius 2 is 2.07 bits per heavy atom. The van der Waals surface area contributed by atoms with Crippen molar-refractivity contribution >= 4 is 27.8 Å². The number of benzene rings is 1. The van der Waals surface area contributed by atoms with Gasteiger partial charge in [0.25, 0.3) is 0 Å². The van der Waals surface area contributed by atoms with E-state index < -0.39 is 0 Å². The highest BCUT2D eigenvalue weighted by Crippen LogP contribution is 2.49. The summed E-state index contributed by atoms with van der Waals surface area (Å²) in [5.41, 5.74) is 9.97. The van der Waals surface area contributed by atoms with E-state index in [0.29, 0.717) is 22.7 Å². The maximum Gasteiger partial charge on any atom is 0.158 e. The molecule has 0 aliphatic carbocycles. The van der Waals surface area contributed by atoms with Gasteiger partial charge in [-0.3, -0.25) is 4.79 Å². The van der Waals surface area contributed by atoms with Gasteiger partial charge in [0.05, 0.1) is 12.3 Å². The molecule has 1 aromatic heterocycles. The fraction of sp³-hybridized carbons (Fsp3) is 0.333. The van der Waals surface area contributed by atoms with E-state index in [0.717, 1.165) is 40.4 Å². The number of Topliss-reactive ketones (excluding diaryl/α,β-unsaturated/α-hetero) is 1. The number of hydrogen-bond donors (Lipinski definition) is 2. The number of anilines is 2. The van der Waals surface area contributed by atoms with Crippen LogP contribution in [0, 0.1) is 11.3 Å². The second-order valence-corrected chi connectivity index (χ2v) is 7.64. The molecule has 140 valence electrons. The number of ketones is 1. The van der Waals surface area contributed by atoms with Gasteiger partial charge in [0.15, 0.2) is 5.78 Å². The molecule has 6 heteroatoms. The Hall–Kier alpha value is -2.78. The van der Waals surface area contributed by atoms with Gasteiger partial charge in [0.2, 0.25) is 0 Å². The van der Waals surface area contributed by atoms with Crippen LogP contribution >= 0.6 is 11.3 Å². The fourth-order valence-corrected chi connectivity index (χ4v) is 4.42. The van der Waals surface area contributed by atoms with Crippen molar-refractivity contribution in [2.24, 2.45) is 0 Å². The van der Waals surface area contributed by atoms with E-state index in [1.54, 1.807) is 6.92 Å². The molecule has 0 amide bonds. The molecular weight excluding hydrogens is 358 g/mol. The van der Waals surface area contributed by atoms with Crippen LogP contribution in [-0.2, 0) is 4.79 Å². The van der Waals surface area contributed by atoms with Crippen molar-refractivity contribution < 1.29 is 9.53 Å². The average Bonchev–Trinajstić information content (AvgIpc) is 2.96. The van der Waals surface area contributed by atoms with Crippen molar-refractivity contribution in [2.75, 3.05) is 17.7 Å². The van der Waals surface area contributed by atoms with E-state index >= 15 is 0 Å². The number of allylic oxidation sites excluding steroid dienone is 2. The lowest BCUT2D eigenvalue weighted by Gasteiger charge is -2.28. The van der Waals surface area contributed by atoms with E-state index in [1.165, 1.54) is 11.3 Å². The molecule has 1 aliphatic rings. The van der Waals surface area contributed by atoms with Gasteiger partial charge in [-0.05, 0) is 38.0 Å². The van der Waals surface area contributed by atoms with Crippen molar-refractivity contribution in [3.63, 3.8) is 0 Å². The number of nitrogens with zero attached hydrogens (tertiary/aromatic N) is 1. The van der Waals surface area contributed by atoms with Gasteiger partial charge in [-0.25, -0.2) is 0 Å². The Kier molecular flexibility index (Phi) is 5.52. The van der Waals surface area contributed by atoms with Crippen LogP contribution in [0.1, 0.15) is 55.5 Å². The number of rotatable bonds is 6. The molecule has 1 aromatic carbocycles. The number of nitrogen functional groups attached to an aromatic ring is 1. The lowest BCUT2D eigenvalue weighted by atomic mass is 9.80.